The van der Waals surface area contributed by atoms with Crippen LogP contribution >= 0.6 is 0 Å². The summed E-state index contributed by atoms with van der Waals surface area (Å²) >= 11 is 0. The number of hydrogen-bond donors (Lipinski definition) is 2. The highest BCUT2D eigenvalue weighted by Crippen LogP contribution is 2.21. The standard InChI is InChI=1S/C15H17N3O4S/c1-11-7-13(4-5-14(11)22-10-15(16)19)23(20,21)18-9-12-3-2-6-17-8-12/h2-8,18H,9-10H2,1H3,(H2,16,19). The van der Waals surface area contributed by atoms with Gasteiger partial charge >= 0.3 is 0 Å². The highest BCUT2D eigenvalue weighted by molar-refractivity contribution is 7.89. The van der Waals surface area contributed by atoms with Gasteiger partial charge in [-0.15, -0.1) is 0 Å². The predicted octanol–water partition coefficient (Wildman–Crippen LogP) is 0.733. The van der Waals surface area contributed by atoms with Crippen LogP contribution in [0.2, 0.25) is 0 Å². The molecule has 8 heteroatoms. The van der Waals surface area contributed by atoms with E-state index in [9.17, 15) is 13.2 Å². The minimum Gasteiger partial charge on any atom is -0.484 e. The fourth-order valence-corrected chi connectivity index (χ4v) is 2.97. The second-order valence-electron chi connectivity index (χ2n) is 4.87. The number of benzene rings is 1. The number of carbonyl (C=O) groups excluding carboxylic acids is 1. The molecule has 122 valence electrons. The predicted molar refractivity (Wildman–Crippen MR) is 84.1 cm³/mol. The Morgan fingerprint density at radius 3 is 2.74 bits per heavy atom. The molecule has 0 saturated heterocycles. The van der Waals surface area contributed by atoms with Crippen molar-refractivity contribution in [1.29, 1.82) is 0 Å². The van der Waals surface area contributed by atoms with Crippen molar-refractivity contribution >= 4 is 15.9 Å². The maximum absolute atomic E-state index is 12.3. The van der Waals surface area contributed by atoms with Crippen LogP contribution < -0.4 is 15.2 Å². The summed E-state index contributed by atoms with van der Waals surface area (Å²) in [7, 11) is -3.65. The number of pyridine rings is 1. The number of primary amides is 1. The maximum Gasteiger partial charge on any atom is 0.255 e. The van der Waals surface area contributed by atoms with Gasteiger partial charge in [-0.3, -0.25) is 9.78 Å². The molecule has 23 heavy (non-hydrogen) atoms. The SMILES string of the molecule is Cc1cc(S(=O)(=O)NCc2cccnc2)ccc1OCC(N)=O. The summed E-state index contributed by atoms with van der Waals surface area (Å²) in [4.78, 5) is 14.8. The number of sulfonamides is 1. The minimum atomic E-state index is -3.65. The van der Waals surface area contributed by atoms with Gasteiger partial charge in [0.05, 0.1) is 4.90 Å². The molecule has 0 aliphatic carbocycles. The van der Waals surface area contributed by atoms with E-state index in [-0.39, 0.29) is 18.0 Å². The summed E-state index contributed by atoms with van der Waals surface area (Å²) in [6.07, 6.45) is 3.21. The van der Waals surface area contributed by atoms with Crippen LogP contribution in [0.15, 0.2) is 47.6 Å². The van der Waals surface area contributed by atoms with E-state index in [0.717, 1.165) is 5.56 Å². The third kappa shape index (κ3) is 4.76. The highest BCUT2D eigenvalue weighted by Gasteiger charge is 2.15. The van der Waals surface area contributed by atoms with Crippen molar-refractivity contribution in [2.75, 3.05) is 6.61 Å². The van der Waals surface area contributed by atoms with Crippen LogP contribution in [0.1, 0.15) is 11.1 Å². The summed E-state index contributed by atoms with van der Waals surface area (Å²) in [6.45, 7) is 1.58. The molecule has 3 N–H and O–H groups in total. The van der Waals surface area contributed by atoms with Crippen LogP contribution in [0.5, 0.6) is 5.75 Å². The number of carbonyl (C=O) groups is 1. The third-order valence-corrected chi connectivity index (χ3v) is 4.41. The summed E-state index contributed by atoms with van der Waals surface area (Å²) in [5.74, 6) is -0.186. The average molecular weight is 335 g/mol. The van der Waals surface area contributed by atoms with E-state index in [0.29, 0.717) is 11.3 Å². The first-order valence-corrected chi connectivity index (χ1v) is 8.27. The molecule has 0 atom stereocenters. The second-order valence-corrected chi connectivity index (χ2v) is 6.64. The molecule has 0 spiro atoms. The van der Waals surface area contributed by atoms with E-state index in [1.807, 2.05) is 0 Å². The van der Waals surface area contributed by atoms with E-state index in [1.165, 1.54) is 18.2 Å². The number of aromatic nitrogens is 1. The topological polar surface area (TPSA) is 111 Å². The van der Waals surface area contributed by atoms with Crippen molar-refractivity contribution in [3.05, 3.63) is 53.9 Å². The normalized spacial score (nSPS) is 11.2. The molecule has 2 rings (SSSR count). The van der Waals surface area contributed by atoms with Crippen molar-refractivity contribution in [3.63, 3.8) is 0 Å². The van der Waals surface area contributed by atoms with Crippen LogP contribution in [0, 0.1) is 6.92 Å². The van der Waals surface area contributed by atoms with Crippen LogP contribution in [-0.2, 0) is 21.4 Å². The Bertz CT molecular complexity index is 792. The zero-order chi connectivity index (χ0) is 16.9. The van der Waals surface area contributed by atoms with Gasteiger partial charge in [0.15, 0.2) is 6.61 Å². The van der Waals surface area contributed by atoms with Gasteiger partial charge in [-0.1, -0.05) is 6.07 Å². The zero-order valence-corrected chi connectivity index (χ0v) is 13.3. The smallest absolute Gasteiger partial charge is 0.255 e. The average Bonchev–Trinajstić information content (AvgIpc) is 2.52. The van der Waals surface area contributed by atoms with Crippen LogP contribution in [0.3, 0.4) is 0 Å². The van der Waals surface area contributed by atoms with Gasteiger partial charge in [-0.2, -0.15) is 0 Å². The largest absolute Gasteiger partial charge is 0.484 e. The molecule has 0 aliphatic rings. The van der Waals surface area contributed by atoms with Gasteiger partial charge in [0.2, 0.25) is 10.0 Å². The van der Waals surface area contributed by atoms with E-state index in [1.54, 1.807) is 31.5 Å². The Balaban J connectivity index is 2.10. The molecular formula is C15H17N3O4S. The molecule has 1 heterocycles. The Hall–Kier alpha value is -2.45. The summed E-state index contributed by atoms with van der Waals surface area (Å²) in [6, 6.07) is 7.90. The van der Waals surface area contributed by atoms with E-state index >= 15 is 0 Å². The van der Waals surface area contributed by atoms with Gasteiger partial charge in [-0.05, 0) is 42.3 Å². The molecule has 0 fully saturated rings. The maximum atomic E-state index is 12.3. The second kappa shape index (κ2) is 7.21. The van der Waals surface area contributed by atoms with Crippen molar-refractivity contribution in [2.45, 2.75) is 18.4 Å². The van der Waals surface area contributed by atoms with E-state index in [2.05, 4.69) is 9.71 Å². The summed E-state index contributed by atoms with van der Waals surface area (Å²) in [5.41, 5.74) is 6.36. The fourth-order valence-electron chi connectivity index (χ4n) is 1.86. The van der Waals surface area contributed by atoms with Gasteiger partial charge in [0, 0.05) is 18.9 Å². The Labute approximate surface area is 134 Å². The van der Waals surface area contributed by atoms with Crippen LogP contribution in [0.4, 0.5) is 0 Å². The molecule has 0 saturated carbocycles. The first kappa shape index (κ1) is 16.9. The Morgan fingerprint density at radius 2 is 2.13 bits per heavy atom. The number of rotatable bonds is 7. The quantitative estimate of drug-likeness (QED) is 0.775. The molecule has 7 nitrogen and oxygen atoms in total. The first-order valence-electron chi connectivity index (χ1n) is 6.79. The molecule has 1 aromatic carbocycles. The molecule has 0 radical (unpaired) electrons. The highest BCUT2D eigenvalue weighted by atomic mass is 32.2. The number of ether oxygens (including phenoxy) is 1. The van der Waals surface area contributed by atoms with Gasteiger partial charge in [-0.25, -0.2) is 13.1 Å². The van der Waals surface area contributed by atoms with Crippen molar-refractivity contribution in [3.8, 4) is 5.75 Å². The molecule has 1 amide bonds. The molecule has 0 bridgehead atoms. The van der Waals surface area contributed by atoms with E-state index < -0.39 is 15.9 Å². The molecular weight excluding hydrogens is 318 g/mol. The van der Waals surface area contributed by atoms with Crippen molar-refractivity contribution in [2.24, 2.45) is 5.73 Å². The lowest BCUT2D eigenvalue weighted by atomic mass is 10.2. The number of nitrogens with two attached hydrogens (primary N) is 1. The fraction of sp³-hybridized carbons (Fsp3) is 0.200. The van der Waals surface area contributed by atoms with Crippen molar-refractivity contribution in [1.82, 2.24) is 9.71 Å². The number of aryl methyl sites for hydroxylation is 1. The Morgan fingerprint density at radius 1 is 1.35 bits per heavy atom. The molecule has 1 aromatic heterocycles. The summed E-state index contributed by atoms with van der Waals surface area (Å²) < 4.78 is 32.3. The van der Waals surface area contributed by atoms with Gasteiger partial charge in [0.1, 0.15) is 5.75 Å². The van der Waals surface area contributed by atoms with E-state index in [4.69, 9.17) is 10.5 Å². The number of nitrogens with one attached hydrogen (secondary N) is 1. The van der Waals surface area contributed by atoms with Crippen LogP contribution in [-0.4, -0.2) is 25.9 Å². The zero-order valence-electron chi connectivity index (χ0n) is 12.5. The first-order chi connectivity index (χ1) is 10.9. The van der Waals surface area contributed by atoms with Crippen molar-refractivity contribution < 1.29 is 17.9 Å². The third-order valence-electron chi connectivity index (χ3n) is 3.02. The van der Waals surface area contributed by atoms with Crippen LogP contribution in [0.25, 0.3) is 0 Å². The lowest BCUT2D eigenvalue weighted by Crippen LogP contribution is -2.23. The number of amides is 1. The lowest BCUT2D eigenvalue weighted by molar-refractivity contribution is -0.119. The summed E-state index contributed by atoms with van der Waals surface area (Å²) in [5, 5.41) is 0. The van der Waals surface area contributed by atoms with Gasteiger partial charge < -0.3 is 10.5 Å². The lowest BCUT2D eigenvalue weighted by Gasteiger charge is -2.11. The minimum absolute atomic E-state index is 0.116. The van der Waals surface area contributed by atoms with Gasteiger partial charge in [0.25, 0.3) is 5.91 Å². The number of hydrogen-bond acceptors (Lipinski definition) is 5. The Kier molecular flexibility index (Phi) is 5.30. The number of nitrogens with zero attached hydrogens (tertiary/aromatic N) is 1. The monoisotopic (exact) mass is 335 g/mol. The molecule has 2 aromatic rings. The molecule has 0 unspecified atom stereocenters. The molecule has 0 aliphatic heterocycles.